The lowest BCUT2D eigenvalue weighted by Gasteiger charge is -2.09. The number of hydrogen-bond donors (Lipinski definition) is 2. The molecule has 4 aromatic rings. The third-order valence-corrected chi connectivity index (χ3v) is 5.96. The molecule has 3 aromatic carbocycles. The molecule has 1 aromatic heterocycles. The molecule has 0 atom stereocenters. The molecule has 1 aliphatic rings. The van der Waals surface area contributed by atoms with Crippen molar-refractivity contribution in [1.29, 1.82) is 0 Å². The van der Waals surface area contributed by atoms with Gasteiger partial charge in [0.2, 0.25) is 6.79 Å². The Morgan fingerprint density at radius 1 is 1.09 bits per heavy atom. The van der Waals surface area contributed by atoms with Crippen LogP contribution in [-0.4, -0.2) is 28.6 Å². The summed E-state index contributed by atoms with van der Waals surface area (Å²) >= 11 is 12.3. The van der Waals surface area contributed by atoms with Gasteiger partial charge in [0.15, 0.2) is 11.5 Å². The fourth-order valence-corrected chi connectivity index (χ4v) is 4.03. The van der Waals surface area contributed by atoms with Crippen LogP contribution < -0.4 is 14.9 Å². The monoisotopic (exact) mass is 481 g/mol. The highest BCUT2D eigenvalue weighted by Crippen LogP contribution is 2.37. The number of aromatic nitrogens is 1. The second kappa shape index (κ2) is 8.69. The molecule has 0 unspecified atom stereocenters. The summed E-state index contributed by atoms with van der Waals surface area (Å²) in [6.45, 7) is 0.749. The van der Waals surface area contributed by atoms with Crippen molar-refractivity contribution in [3.63, 3.8) is 0 Å². The van der Waals surface area contributed by atoms with E-state index in [-0.39, 0.29) is 17.6 Å². The van der Waals surface area contributed by atoms with Crippen molar-refractivity contribution in [2.75, 3.05) is 6.79 Å². The second-order valence-electron chi connectivity index (χ2n) is 7.39. The Labute approximate surface area is 198 Å². The van der Waals surface area contributed by atoms with Gasteiger partial charge in [-0.05, 0) is 42.0 Å². The van der Waals surface area contributed by atoms with Crippen LogP contribution in [0.3, 0.4) is 0 Å². The number of benzene rings is 3. The molecule has 1 aliphatic heterocycles. The van der Waals surface area contributed by atoms with Crippen molar-refractivity contribution in [2.45, 2.75) is 6.54 Å². The average molecular weight is 482 g/mol. The summed E-state index contributed by atoms with van der Waals surface area (Å²) in [7, 11) is 0. The Kier molecular flexibility index (Phi) is 5.58. The van der Waals surface area contributed by atoms with Crippen molar-refractivity contribution in [3.05, 3.63) is 87.5 Å². The fraction of sp³-hybridized carbons (Fsp3) is 0.0833. The highest BCUT2D eigenvalue weighted by Gasteiger charge is 2.17. The number of phenols is 1. The van der Waals surface area contributed by atoms with Gasteiger partial charge in [-0.25, -0.2) is 5.43 Å². The van der Waals surface area contributed by atoms with Crippen molar-refractivity contribution >= 4 is 46.2 Å². The Morgan fingerprint density at radius 2 is 1.91 bits per heavy atom. The van der Waals surface area contributed by atoms with Crippen LogP contribution >= 0.6 is 23.2 Å². The molecule has 33 heavy (non-hydrogen) atoms. The van der Waals surface area contributed by atoms with Gasteiger partial charge in [-0.2, -0.15) is 5.10 Å². The van der Waals surface area contributed by atoms with E-state index in [1.54, 1.807) is 12.3 Å². The van der Waals surface area contributed by atoms with E-state index in [1.165, 1.54) is 18.2 Å². The third kappa shape index (κ3) is 4.20. The zero-order valence-corrected chi connectivity index (χ0v) is 18.6. The van der Waals surface area contributed by atoms with Gasteiger partial charge >= 0.3 is 0 Å². The first-order valence-corrected chi connectivity index (χ1v) is 10.7. The number of nitrogens with zero attached hydrogens (tertiary/aromatic N) is 2. The summed E-state index contributed by atoms with van der Waals surface area (Å²) in [4.78, 5) is 12.3. The lowest BCUT2D eigenvalue weighted by Crippen LogP contribution is -2.17. The second-order valence-corrected chi connectivity index (χ2v) is 8.20. The highest BCUT2D eigenvalue weighted by molar-refractivity contribution is 6.32. The van der Waals surface area contributed by atoms with E-state index in [2.05, 4.69) is 15.1 Å². The van der Waals surface area contributed by atoms with E-state index in [0.717, 1.165) is 22.0 Å². The normalized spacial score (nSPS) is 12.5. The molecule has 2 heterocycles. The van der Waals surface area contributed by atoms with E-state index in [1.807, 2.05) is 36.5 Å². The highest BCUT2D eigenvalue weighted by atomic mass is 35.5. The van der Waals surface area contributed by atoms with Crippen LogP contribution in [0.25, 0.3) is 10.9 Å². The standard InChI is InChI=1S/C24H17Cl2N3O4/c25-18-10-23-22(32-13-33-23)9-16(18)12-29-7-6-17-15(2-1-3-20(17)29)11-27-28-24(31)14-4-5-21(30)19(26)8-14/h1-11,30H,12-13H2,(H,28,31)/b27-11+. The molecule has 0 aliphatic carbocycles. The molecule has 1 amide bonds. The van der Waals surface area contributed by atoms with Crippen molar-refractivity contribution < 1.29 is 19.4 Å². The molecule has 9 heteroatoms. The molecule has 0 spiro atoms. The largest absolute Gasteiger partial charge is 0.506 e. The number of hydrazone groups is 1. The third-order valence-electron chi connectivity index (χ3n) is 5.31. The minimum absolute atomic E-state index is 0.0880. The average Bonchev–Trinajstić information content (AvgIpc) is 3.43. The van der Waals surface area contributed by atoms with E-state index in [4.69, 9.17) is 32.7 Å². The first-order valence-electron chi connectivity index (χ1n) is 9.97. The SMILES string of the molecule is O=C(N/N=C/c1cccc2c1ccn2Cc1cc2c(cc1Cl)OCO2)c1ccc(O)c(Cl)c1. The first-order chi connectivity index (χ1) is 16.0. The number of halogens is 2. The number of ether oxygens (including phenoxy) is 2. The first kappa shape index (κ1) is 21.2. The molecule has 0 saturated heterocycles. The number of phenolic OH excluding ortho intramolecular Hbond substituents is 1. The Balaban J connectivity index is 1.35. The number of nitrogens with one attached hydrogen (secondary N) is 1. The maximum absolute atomic E-state index is 12.3. The predicted molar refractivity (Wildman–Crippen MR) is 127 cm³/mol. The van der Waals surface area contributed by atoms with Crippen molar-refractivity contribution in [2.24, 2.45) is 5.10 Å². The van der Waals surface area contributed by atoms with Gasteiger partial charge in [0.1, 0.15) is 5.75 Å². The summed E-state index contributed by atoms with van der Waals surface area (Å²) < 4.78 is 12.9. The smallest absolute Gasteiger partial charge is 0.271 e. The van der Waals surface area contributed by atoms with Gasteiger partial charge < -0.3 is 19.1 Å². The van der Waals surface area contributed by atoms with Gasteiger partial charge in [-0.1, -0.05) is 35.3 Å². The summed E-state index contributed by atoms with van der Waals surface area (Å²) in [6, 6.07) is 15.7. The number of aromatic hydroxyl groups is 1. The molecule has 2 N–H and O–H groups in total. The number of amides is 1. The fourth-order valence-electron chi connectivity index (χ4n) is 3.63. The summed E-state index contributed by atoms with van der Waals surface area (Å²) in [5.74, 6) is 0.811. The van der Waals surface area contributed by atoms with Crippen molar-refractivity contribution in [3.8, 4) is 17.2 Å². The summed E-state index contributed by atoms with van der Waals surface area (Å²) in [5, 5.41) is 15.2. The molecule has 5 rings (SSSR count). The number of carbonyl (C=O) groups is 1. The van der Waals surface area contributed by atoms with Crippen LogP contribution in [0.15, 0.2) is 65.9 Å². The molecule has 0 radical (unpaired) electrons. The maximum Gasteiger partial charge on any atom is 0.271 e. The lowest BCUT2D eigenvalue weighted by atomic mass is 10.1. The van der Waals surface area contributed by atoms with Crippen LogP contribution in [0.5, 0.6) is 17.2 Å². The van der Waals surface area contributed by atoms with Gasteiger partial charge in [-0.15, -0.1) is 0 Å². The molecule has 0 bridgehead atoms. The van der Waals surface area contributed by atoms with E-state index >= 15 is 0 Å². The number of carbonyl (C=O) groups excluding carboxylic acids is 1. The Morgan fingerprint density at radius 3 is 2.73 bits per heavy atom. The van der Waals surface area contributed by atoms with Crippen LogP contribution in [0.4, 0.5) is 0 Å². The lowest BCUT2D eigenvalue weighted by molar-refractivity contribution is 0.0955. The van der Waals surface area contributed by atoms with Crippen LogP contribution in [-0.2, 0) is 6.54 Å². The number of fused-ring (bicyclic) bond motifs is 2. The molecule has 0 fully saturated rings. The van der Waals surface area contributed by atoms with Crippen molar-refractivity contribution in [1.82, 2.24) is 9.99 Å². The minimum atomic E-state index is -0.435. The van der Waals surface area contributed by atoms with Crippen LogP contribution in [0.1, 0.15) is 21.5 Å². The van der Waals surface area contributed by atoms with Gasteiger partial charge in [-0.3, -0.25) is 4.79 Å². The quantitative estimate of drug-likeness (QED) is 0.303. The molecule has 0 saturated carbocycles. The van der Waals surface area contributed by atoms with Crippen LogP contribution in [0.2, 0.25) is 10.0 Å². The Hall–Kier alpha value is -3.68. The predicted octanol–water partition coefficient (Wildman–Crippen LogP) is 5.19. The van der Waals surface area contributed by atoms with Crippen LogP contribution in [0, 0.1) is 0 Å². The molecule has 7 nitrogen and oxygen atoms in total. The number of rotatable bonds is 5. The summed E-state index contributed by atoms with van der Waals surface area (Å²) in [5.41, 5.74) is 5.51. The van der Waals surface area contributed by atoms with E-state index < -0.39 is 5.91 Å². The number of hydrogen-bond acceptors (Lipinski definition) is 5. The Bertz CT molecular complexity index is 1410. The minimum Gasteiger partial charge on any atom is -0.506 e. The maximum atomic E-state index is 12.3. The van der Waals surface area contributed by atoms with Gasteiger partial charge in [0, 0.05) is 45.9 Å². The zero-order valence-electron chi connectivity index (χ0n) is 17.1. The van der Waals surface area contributed by atoms with E-state index in [0.29, 0.717) is 28.6 Å². The van der Waals surface area contributed by atoms with Gasteiger partial charge in [0.05, 0.1) is 11.2 Å². The zero-order chi connectivity index (χ0) is 22.9. The topological polar surface area (TPSA) is 85.1 Å². The molecular formula is C24H17Cl2N3O4. The molecular weight excluding hydrogens is 465 g/mol. The molecule has 166 valence electrons. The van der Waals surface area contributed by atoms with Gasteiger partial charge in [0.25, 0.3) is 5.91 Å². The summed E-state index contributed by atoms with van der Waals surface area (Å²) in [6.07, 6.45) is 3.56. The van der Waals surface area contributed by atoms with E-state index in [9.17, 15) is 9.90 Å².